The molecule has 4 heteroatoms. The molecule has 1 fully saturated rings. The average Bonchev–Trinajstić information content (AvgIpc) is 2.38. The van der Waals surface area contributed by atoms with Crippen molar-refractivity contribution < 1.29 is 9.47 Å². The van der Waals surface area contributed by atoms with E-state index in [-0.39, 0.29) is 0 Å². The van der Waals surface area contributed by atoms with E-state index in [4.69, 9.17) is 9.47 Å². The van der Waals surface area contributed by atoms with Gasteiger partial charge in [0, 0.05) is 10.0 Å². The van der Waals surface area contributed by atoms with Crippen molar-refractivity contribution >= 4 is 15.9 Å². The van der Waals surface area contributed by atoms with Crippen LogP contribution in [0, 0.1) is 0 Å². The molecule has 1 N–H and O–H groups in total. The highest BCUT2D eigenvalue weighted by molar-refractivity contribution is 9.10. The minimum atomic E-state index is 0.553. The smallest absolute Gasteiger partial charge is 0.164 e. The second-order valence-corrected chi connectivity index (χ2v) is 5.17. The van der Waals surface area contributed by atoms with Crippen LogP contribution in [0.5, 0.6) is 11.5 Å². The molecule has 0 amide bonds. The van der Waals surface area contributed by atoms with Gasteiger partial charge in [0.15, 0.2) is 11.5 Å². The first-order valence-corrected chi connectivity index (χ1v) is 6.67. The van der Waals surface area contributed by atoms with Crippen LogP contribution in [0.25, 0.3) is 0 Å². The summed E-state index contributed by atoms with van der Waals surface area (Å²) in [6.45, 7) is 2.14. The fraction of sp³-hybridized carbons (Fsp3) is 0.538. The van der Waals surface area contributed by atoms with Gasteiger partial charge >= 0.3 is 0 Å². The van der Waals surface area contributed by atoms with Crippen molar-refractivity contribution in [3.05, 3.63) is 22.2 Å². The van der Waals surface area contributed by atoms with Crippen molar-refractivity contribution in [2.75, 3.05) is 27.3 Å². The van der Waals surface area contributed by atoms with E-state index >= 15 is 0 Å². The minimum absolute atomic E-state index is 0.553. The molecule has 1 aromatic carbocycles. The highest BCUT2D eigenvalue weighted by atomic mass is 79.9. The van der Waals surface area contributed by atoms with Gasteiger partial charge in [0.05, 0.1) is 14.2 Å². The summed E-state index contributed by atoms with van der Waals surface area (Å²) < 4.78 is 11.9. The molecule has 0 unspecified atom stereocenters. The van der Waals surface area contributed by atoms with Gasteiger partial charge in [-0.15, -0.1) is 0 Å². The molecule has 0 radical (unpaired) electrons. The van der Waals surface area contributed by atoms with E-state index in [1.165, 1.54) is 5.56 Å². The van der Waals surface area contributed by atoms with Crippen LogP contribution in [0.15, 0.2) is 16.6 Å². The van der Waals surface area contributed by atoms with Gasteiger partial charge < -0.3 is 14.8 Å². The Morgan fingerprint density at radius 2 is 1.88 bits per heavy atom. The topological polar surface area (TPSA) is 30.5 Å². The lowest BCUT2D eigenvalue weighted by Crippen LogP contribution is -2.26. The number of rotatable bonds is 3. The molecule has 0 aromatic heterocycles. The molecule has 0 aliphatic carbocycles. The molecule has 3 nitrogen and oxygen atoms in total. The largest absolute Gasteiger partial charge is 0.493 e. The molecule has 1 aliphatic heterocycles. The second kappa shape index (κ2) is 5.74. The summed E-state index contributed by atoms with van der Waals surface area (Å²) in [5.74, 6) is 2.23. The third-order valence-corrected chi connectivity index (χ3v) is 3.71. The number of hydrogen-bond donors (Lipinski definition) is 1. The molecular formula is C13H18BrNO2. The normalized spacial score (nSPS) is 16.9. The van der Waals surface area contributed by atoms with Gasteiger partial charge in [0.2, 0.25) is 0 Å². The fourth-order valence-electron chi connectivity index (χ4n) is 2.40. The van der Waals surface area contributed by atoms with Crippen LogP contribution in [0.1, 0.15) is 24.3 Å². The number of piperidine rings is 1. The molecule has 0 spiro atoms. The zero-order valence-electron chi connectivity index (χ0n) is 10.3. The number of hydrogen-bond acceptors (Lipinski definition) is 3. The van der Waals surface area contributed by atoms with Crippen molar-refractivity contribution in [3.8, 4) is 11.5 Å². The summed E-state index contributed by atoms with van der Waals surface area (Å²) in [5.41, 5.74) is 1.25. The van der Waals surface area contributed by atoms with Gasteiger partial charge in [-0.25, -0.2) is 0 Å². The van der Waals surface area contributed by atoms with Crippen molar-refractivity contribution in [3.63, 3.8) is 0 Å². The first-order valence-electron chi connectivity index (χ1n) is 5.88. The predicted molar refractivity (Wildman–Crippen MR) is 72.1 cm³/mol. The van der Waals surface area contributed by atoms with Crippen molar-refractivity contribution in [1.82, 2.24) is 5.32 Å². The van der Waals surface area contributed by atoms with Crippen molar-refractivity contribution in [2.45, 2.75) is 18.8 Å². The lowest BCUT2D eigenvalue weighted by Gasteiger charge is -2.25. The summed E-state index contributed by atoms with van der Waals surface area (Å²) in [5, 5.41) is 3.38. The summed E-state index contributed by atoms with van der Waals surface area (Å²) >= 11 is 3.53. The molecule has 0 bridgehead atoms. The van der Waals surface area contributed by atoms with E-state index in [1.807, 2.05) is 6.07 Å². The number of halogens is 1. The Hall–Kier alpha value is -0.740. The Labute approximate surface area is 111 Å². The standard InChI is InChI=1S/C13H18BrNO2/c1-16-12-8-10(14)7-11(13(12)17-2)9-3-5-15-6-4-9/h7-9,15H,3-6H2,1-2H3. The highest BCUT2D eigenvalue weighted by Gasteiger charge is 2.22. The zero-order valence-corrected chi connectivity index (χ0v) is 11.8. The maximum absolute atomic E-state index is 5.51. The quantitative estimate of drug-likeness (QED) is 0.931. The van der Waals surface area contributed by atoms with Crippen LogP contribution in [0.3, 0.4) is 0 Å². The maximum atomic E-state index is 5.51. The highest BCUT2D eigenvalue weighted by Crippen LogP contribution is 2.41. The molecule has 1 saturated heterocycles. The lowest BCUT2D eigenvalue weighted by molar-refractivity contribution is 0.344. The summed E-state index contributed by atoms with van der Waals surface area (Å²) in [6, 6.07) is 4.10. The second-order valence-electron chi connectivity index (χ2n) is 4.25. The van der Waals surface area contributed by atoms with Gasteiger partial charge in [-0.1, -0.05) is 15.9 Å². The van der Waals surface area contributed by atoms with Gasteiger partial charge in [-0.05, 0) is 44.0 Å². The van der Waals surface area contributed by atoms with Crippen LogP contribution in [-0.2, 0) is 0 Å². The Balaban J connectivity index is 2.39. The molecule has 0 atom stereocenters. The number of benzene rings is 1. The van der Waals surface area contributed by atoms with E-state index < -0.39 is 0 Å². The fourth-order valence-corrected chi connectivity index (χ4v) is 2.85. The van der Waals surface area contributed by atoms with Gasteiger partial charge in [-0.3, -0.25) is 0 Å². The maximum Gasteiger partial charge on any atom is 0.164 e. The first-order chi connectivity index (χ1) is 8.26. The Kier molecular flexibility index (Phi) is 4.29. The summed E-state index contributed by atoms with van der Waals surface area (Å²) in [7, 11) is 3.38. The van der Waals surface area contributed by atoms with E-state index in [9.17, 15) is 0 Å². The van der Waals surface area contributed by atoms with Gasteiger partial charge in [-0.2, -0.15) is 0 Å². The third-order valence-electron chi connectivity index (χ3n) is 3.25. The van der Waals surface area contributed by atoms with Crippen LogP contribution < -0.4 is 14.8 Å². The average molecular weight is 300 g/mol. The van der Waals surface area contributed by atoms with E-state index in [2.05, 4.69) is 27.3 Å². The van der Waals surface area contributed by atoms with Crippen LogP contribution in [-0.4, -0.2) is 27.3 Å². The summed E-state index contributed by atoms with van der Waals surface area (Å²) in [4.78, 5) is 0. The number of ether oxygens (including phenoxy) is 2. The van der Waals surface area contributed by atoms with Crippen LogP contribution >= 0.6 is 15.9 Å². The van der Waals surface area contributed by atoms with Crippen molar-refractivity contribution in [2.24, 2.45) is 0 Å². The van der Waals surface area contributed by atoms with E-state index in [1.54, 1.807) is 14.2 Å². The molecule has 1 aromatic rings. The van der Waals surface area contributed by atoms with Crippen molar-refractivity contribution in [1.29, 1.82) is 0 Å². The number of nitrogens with one attached hydrogen (secondary N) is 1. The van der Waals surface area contributed by atoms with Gasteiger partial charge in [0.1, 0.15) is 0 Å². The molecule has 0 saturated carbocycles. The molecule has 2 rings (SSSR count). The predicted octanol–water partition coefficient (Wildman–Crippen LogP) is 2.93. The SMILES string of the molecule is COc1cc(Br)cc(C2CCNCC2)c1OC. The lowest BCUT2D eigenvalue weighted by atomic mass is 9.89. The zero-order chi connectivity index (χ0) is 12.3. The van der Waals surface area contributed by atoms with E-state index in [0.29, 0.717) is 5.92 Å². The van der Waals surface area contributed by atoms with E-state index in [0.717, 1.165) is 41.9 Å². The van der Waals surface area contributed by atoms with Crippen LogP contribution in [0.4, 0.5) is 0 Å². The van der Waals surface area contributed by atoms with Gasteiger partial charge in [0.25, 0.3) is 0 Å². The summed E-state index contributed by atoms with van der Waals surface area (Å²) in [6.07, 6.45) is 2.30. The minimum Gasteiger partial charge on any atom is -0.493 e. The number of methoxy groups -OCH3 is 2. The molecule has 1 heterocycles. The Bertz CT molecular complexity index is 389. The molecule has 17 heavy (non-hydrogen) atoms. The third kappa shape index (κ3) is 2.75. The van der Waals surface area contributed by atoms with Crippen LogP contribution in [0.2, 0.25) is 0 Å². The molecular weight excluding hydrogens is 282 g/mol. The Morgan fingerprint density at radius 1 is 1.18 bits per heavy atom. The monoisotopic (exact) mass is 299 g/mol. The molecule has 94 valence electrons. The Morgan fingerprint density at radius 3 is 2.47 bits per heavy atom. The molecule has 1 aliphatic rings. The first kappa shape index (κ1) is 12.7.